The minimum Gasteiger partial charge on any atom is -0.481 e. The van der Waals surface area contributed by atoms with Crippen molar-refractivity contribution >= 4 is 22.6 Å². The zero-order valence-electron chi connectivity index (χ0n) is 12.7. The second-order valence-electron chi connectivity index (χ2n) is 5.49. The third-order valence-electron chi connectivity index (χ3n) is 3.71. The summed E-state index contributed by atoms with van der Waals surface area (Å²) in [6, 6.07) is 13.9. The second kappa shape index (κ2) is 7.59. The Hall–Kier alpha value is -2.36. The van der Waals surface area contributed by atoms with Crippen molar-refractivity contribution in [3.8, 4) is 0 Å². The number of rotatable bonds is 7. The zero-order valence-corrected chi connectivity index (χ0v) is 12.7. The third kappa shape index (κ3) is 4.32. The first-order chi connectivity index (χ1) is 10.6. The van der Waals surface area contributed by atoms with Gasteiger partial charge in [-0.05, 0) is 22.8 Å². The van der Waals surface area contributed by atoms with Crippen molar-refractivity contribution in [3.63, 3.8) is 0 Å². The molecule has 0 aromatic heterocycles. The van der Waals surface area contributed by atoms with Gasteiger partial charge in [-0.1, -0.05) is 55.8 Å². The fourth-order valence-corrected chi connectivity index (χ4v) is 2.49. The van der Waals surface area contributed by atoms with Crippen molar-refractivity contribution in [2.24, 2.45) is 5.92 Å². The van der Waals surface area contributed by atoms with E-state index < -0.39 is 11.9 Å². The van der Waals surface area contributed by atoms with Gasteiger partial charge in [0, 0.05) is 6.54 Å². The molecule has 22 heavy (non-hydrogen) atoms. The van der Waals surface area contributed by atoms with Crippen LogP contribution in [0.15, 0.2) is 42.5 Å². The van der Waals surface area contributed by atoms with Crippen LogP contribution in [0.5, 0.6) is 0 Å². The average Bonchev–Trinajstić information content (AvgIpc) is 2.51. The van der Waals surface area contributed by atoms with Crippen molar-refractivity contribution in [3.05, 3.63) is 48.0 Å². The summed E-state index contributed by atoms with van der Waals surface area (Å²) in [6.07, 6.45) is 1.63. The standard InChI is InChI=1S/C18H21NO3/c1-2-5-16(18(21)22)12-19-17(20)11-13-8-9-14-6-3-4-7-15(14)10-13/h3-4,6-10,16H,2,5,11-12H2,1H3,(H,19,20)(H,21,22). The van der Waals surface area contributed by atoms with E-state index in [1.54, 1.807) is 0 Å². The maximum absolute atomic E-state index is 12.0. The predicted octanol–water partition coefficient (Wildman–Crippen LogP) is 3.00. The van der Waals surface area contributed by atoms with Crippen LogP contribution in [0.25, 0.3) is 10.8 Å². The molecule has 0 bridgehead atoms. The second-order valence-corrected chi connectivity index (χ2v) is 5.49. The molecule has 1 atom stereocenters. The van der Waals surface area contributed by atoms with Crippen molar-refractivity contribution in [1.29, 1.82) is 0 Å². The molecule has 0 radical (unpaired) electrons. The normalized spacial score (nSPS) is 12.0. The Morgan fingerprint density at radius 3 is 2.55 bits per heavy atom. The van der Waals surface area contributed by atoms with Gasteiger partial charge in [-0.25, -0.2) is 0 Å². The van der Waals surface area contributed by atoms with Crippen molar-refractivity contribution in [2.45, 2.75) is 26.2 Å². The number of nitrogens with one attached hydrogen (secondary N) is 1. The number of fused-ring (bicyclic) bond motifs is 1. The Labute approximate surface area is 130 Å². The molecule has 4 heteroatoms. The number of carboxylic acid groups (broad SMARTS) is 1. The quantitative estimate of drug-likeness (QED) is 0.826. The minimum atomic E-state index is -0.854. The highest BCUT2D eigenvalue weighted by Crippen LogP contribution is 2.16. The monoisotopic (exact) mass is 299 g/mol. The molecule has 0 saturated carbocycles. The summed E-state index contributed by atoms with van der Waals surface area (Å²) < 4.78 is 0. The molecule has 0 heterocycles. The summed E-state index contributed by atoms with van der Waals surface area (Å²) in [5, 5.41) is 14.0. The van der Waals surface area contributed by atoms with Crippen LogP contribution in [-0.2, 0) is 16.0 Å². The van der Waals surface area contributed by atoms with Gasteiger partial charge in [0.1, 0.15) is 0 Å². The van der Waals surface area contributed by atoms with E-state index in [2.05, 4.69) is 5.32 Å². The fraction of sp³-hybridized carbons (Fsp3) is 0.333. The lowest BCUT2D eigenvalue weighted by molar-refractivity contribution is -0.141. The fourth-order valence-electron chi connectivity index (χ4n) is 2.49. The van der Waals surface area contributed by atoms with Gasteiger partial charge in [-0.2, -0.15) is 0 Å². The molecule has 0 aliphatic rings. The number of carbonyl (C=O) groups excluding carboxylic acids is 1. The first kappa shape index (κ1) is 16.0. The van der Waals surface area contributed by atoms with Gasteiger partial charge >= 0.3 is 5.97 Å². The van der Waals surface area contributed by atoms with Crippen LogP contribution in [0, 0.1) is 5.92 Å². The smallest absolute Gasteiger partial charge is 0.308 e. The summed E-state index contributed by atoms with van der Waals surface area (Å²) in [5.41, 5.74) is 0.929. The topological polar surface area (TPSA) is 66.4 Å². The molecule has 0 spiro atoms. The number of aliphatic carboxylic acids is 1. The van der Waals surface area contributed by atoms with E-state index in [1.165, 1.54) is 0 Å². The van der Waals surface area contributed by atoms with E-state index in [4.69, 9.17) is 5.11 Å². The highest BCUT2D eigenvalue weighted by atomic mass is 16.4. The van der Waals surface area contributed by atoms with Gasteiger partial charge < -0.3 is 10.4 Å². The van der Waals surface area contributed by atoms with Crippen LogP contribution in [0.1, 0.15) is 25.3 Å². The molecule has 0 fully saturated rings. The van der Waals surface area contributed by atoms with Gasteiger partial charge in [-0.15, -0.1) is 0 Å². The molecule has 116 valence electrons. The van der Waals surface area contributed by atoms with Crippen molar-refractivity contribution < 1.29 is 14.7 Å². The first-order valence-electron chi connectivity index (χ1n) is 7.57. The maximum atomic E-state index is 12.0. The first-order valence-corrected chi connectivity index (χ1v) is 7.57. The van der Waals surface area contributed by atoms with Crippen LogP contribution in [-0.4, -0.2) is 23.5 Å². The number of benzene rings is 2. The van der Waals surface area contributed by atoms with Gasteiger partial charge in [0.05, 0.1) is 12.3 Å². The summed E-state index contributed by atoms with van der Waals surface area (Å²) >= 11 is 0. The molecule has 0 saturated heterocycles. The SMILES string of the molecule is CCCC(CNC(=O)Cc1ccc2ccccc2c1)C(=O)O. The van der Waals surface area contributed by atoms with Gasteiger partial charge in [-0.3, -0.25) is 9.59 Å². The average molecular weight is 299 g/mol. The number of hydrogen-bond acceptors (Lipinski definition) is 2. The number of carbonyl (C=O) groups is 2. The van der Waals surface area contributed by atoms with Crippen molar-refractivity contribution in [2.75, 3.05) is 6.54 Å². The Balaban J connectivity index is 1.94. The number of amides is 1. The van der Waals surface area contributed by atoms with E-state index in [-0.39, 0.29) is 18.9 Å². The highest BCUT2D eigenvalue weighted by Gasteiger charge is 2.17. The maximum Gasteiger partial charge on any atom is 0.308 e. The molecule has 2 aromatic carbocycles. The van der Waals surface area contributed by atoms with E-state index in [0.29, 0.717) is 6.42 Å². The van der Waals surface area contributed by atoms with Gasteiger partial charge in [0.25, 0.3) is 0 Å². The van der Waals surface area contributed by atoms with Crippen LogP contribution in [0.2, 0.25) is 0 Å². The highest BCUT2D eigenvalue weighted by molar-refractivity contribution is 5.85. The molecule has 4 nitrogen and oxygen atoms in total. The van der Waals surface area contributed by atoms with E-state index in [9.17, 15) is 9.59 Å². The Kier molecular flexibility index (Phi) is 5.53. The Morgan fingerprint density at radius 2 is 1.86 bits per heavy atom. The number of hydrogen-bond donors (Lipinski definition) is 2. The number of carboxylic acids is 1. The summed E-state index contributed by atoms with van der Waals surface area (Å²) in [7, 11) is 0. The molecular formula is C18H21NO3. The third-order valence-corrected chi connectivity index (χ3v) is 3.71. The summed E-state index contributed by atoms with van der Waals surface area (Å²) in [5.74, 6) is -1.50. The molecule has 0 aliphatic heterocycles. The van der Waals surface area contributed by atoms with E-state index in [1.807, 2.05) is 49.4 Å². The lowest BCUT2D eigenvalue weighted by Gasteiger charge is -2.12. The van der Waals surface area contributed by atoms with Crippen LogP contribution < -0.4 is 5.32 Å². The Bertz CT molecular complexity index is 666. The molecule has 2 rings (SSSR count). The van der Waals surface area contributed by atoms with Crippen LogP contribution >= 0.6 is 0 Å². The van der Waals surface area contributed by atoms with E-state index in [0.717, 1.165) is 22.8 Å². The Morgan fingerprint density at radius 1 is 1.14 bits per heavy atom. The zero-order chi connectivity index (χ0) is 15.9. The predicted molar refractivity (Wildman–Crippen MR) is 86.7 cm³/mol. The van der Waals surface area contributed by atoms with Crippen molar-refractivity contribution in [1.82, 2.24) is 5.32 Å². The van der Waals surface area contributed by atoms with Gasteiger partial charge in [0.15, 0.2) is 0 Å². The molecule has 2 aromatic rings. The molecule has 0 aliphatic carbocycles. The summed E-state index contributed by atoms with van der Waals surface area (Å²) in [4.78, 5) is 23.0. The van der Waals surface area contributed by atoms with Crippen LogP contribution in [0.3, 0.4) is 0 Å². The molecule has 2 N–H and O–H groups in total. The summed E-state index contributed by atoms with van der Waals surface area (Å²) in [6.45, 7) is 2.13. The molecule has 1 unspecified atom stereocenters. The molecule has 1 amide bonds. The minimum absolute atomic E-state index is 0.141. The largest absolute Gasteiger partial charge is 0.481 e. The van der Waals surface area contributed by atoms with Gasteiger partial charge in [0.2, 0.25) is 5.91 Å². The van der Waals surface area contributed by atoms with E-state index >= 15 is 0 Å². The lowest BCUT2D eigenvalue weighted by atomic mass is 10.0. The lowest BCUT2D eigenvalue weighted by Crippen LogP contribution is -2.33. The van der Waals surface area contributed by atoms with Crippen LogP contribution in [0.4, 0.5) is 0 Å². The molecular weight excluding hydrogens is 278 g/mol.